The van der Waals surface area contributed by atoms with Crippen LogP contribution in [0.2, 0.25) is 5.02 Å². The molecule has 1 aromatic carbocycles. The summed E-state index contributed by atoms with van der Waals surface area (Å²) < 4.78 is 0. The molecule has 0 amide bonds. The first-order chi connectivity index (χ1) is 11.5. The average Bonchev–Trinajstić information content (AvgIpc) is 3.08. The molecule has 0 bridgehead atoms. The van der Waals surface area contributed by atoms with Crippen LogP contribution in [0.1, 0.15) is 25.3 Å². The zero-order valence-corrected chi connectivity index (χ0v) is 14.9. The second-order valence-electron chi connectivity index (χ2n) is 7.40. The zero-order valence-electron chi connectivity index (χ0n) is 14.2. The van der Waals surface area contributed by atoms with Gasteiger partial charge in [0.15, 0.2) is 5.82 Å². The van der Waals surface area contributed by atoms with Crippen LogP contribution in [0.3, 0.4) is 0 Å². The molecule has 2 aliphatic rings. The summed E-state index contributed by atoms with van der Waals surface area (Å²) in [6, 6.07) is 5.89. The Labute approximate surface area is 148 Å². The Hall–Kier alpha value is -1.81. The van der Waals surface area contributed by atoms with Gasteiger partial charge >= 0.3 is 0 Å². The number of nitrogen functional groups attached to an aromatic ring is 1. The van der Waals surface area contributed by atoms with Gasteiger partial charge in [0.2, 0.25) is 0 Å². The lowest BCUT2D eigenvalue weighted by Gasteiger charge is -2.20. The van der Waals surface area contributed by atoms with E-state index in [4.69, 9.17) is 17.3 Å². The van der Waals surface area contributed by atoms with E-state index in [1.54, 1.807) is 0 Å². The fourth-order valence-corrected chi connectivity index (χ4v) is 4.59. The largest absolute Gasteiger partial charge is 0.382 e. The Balaban J connectivity index is 1.60. The Kier molecular flexibility index (Phi) is 3.87. The van der Waals surface area contributed by atoms with E-state index in [-0.39, 0.29) is 0 Å². The summed E-state index contributed by atoms with van der Waals surface area (Å²) in [6.45, 7) is 6.50. The van der Waals surface area contributed by atoms with E-state index in [1.807, 2.05) is 31.3 Å². The molecule has 2 aromatic rings. The van der Waals surface area contributed by atoms with Crippen molar-refractivity contribution in [2.45, 2.75) is 26.7 Å². The average molecular weight is 343 g/mol. The summed E-state index contributed by atoms with van der Waals surface area (Å²) in [5.41, 5.74) is 8.75. The van der Waals surface area contributed by atoms with Gasteiger partial charge in [-0.2, -0.15) is 0 Å². The van der Waals surface area contributed by atoms with Crippen molar-refractivity contribution in [1.29, 1.82) is 0 Å². The number of rotatable bonds is 2. The van der Waals surface area contributed by atoms with Crippen molar-refractivity contribution < 1.29 is 0 Å². The summed E-state index contributed by atoms with van der Waals surface area (Å²) in [6.07, 6.45) is 4.51. The smallest absolute Gasteiger partial charge is 0.152 e. The minimum atomic E-state index is 0.449. The Bertz CT molecular complexity index is 762. The molecule has 0 radical (unpaired) electrons. The Morgan fingerprint density at radius 2 is 1.92 bits per heavy atom. The van der Waals surface area contributed by atoms with E-state index >= 15 is 0 Å². The van der Waals surface area contributed by atoms with E-state index < -0.39 is 0 Å². The second-order valence-corrected chi connectivity index (χ2v) is 7.78. The number of aromatic nitrogens is 2. The third kappa shape index (κ3) is 2.63. The standard InChI is InChI=1S/C19H23ClN4/c1-11-6-13-9-24(10-14(13)7-11)16-8-22-18(19(21)23-16)15-5-3-4-12(2)17(15)20/h3-5,8,11,13-14H,6-7,9-10H2,1-2H3,(H2,21,23)/t11?,13-,14+. The van der Waals surface area contributed by atoms with E-state index in [9.17, 15) is 0 Å². The number of nitrogens with two attached hydrogens (primary N) is 1. The highest BCUT2D eigenvalue weighted by atomic mass is 35.5. The minimum absolute atomic E-state index is 0.449. The predicted octanol–water partition coefficient (Wildman–Crippen LogP) is 4.17. The van der Waals surface area contributed by atoms with Crippen molar-refractivity contribution in [3.63, 3.8) is 0 Å². The molecule has 1 unspecified atom stereocenters. The Morgan fingerprint density at radius 3 is 2.58 bits per heavy atom. The van der Waals surface area contributed by atoms with Crippen LogP contribution in [0.5, 0.6) is 0 Å². The number of hydrogen-bond acceptors (Lipinski definition) is 4. The van der Waals surface area contributed by atoms with Gasteiger partial charge in [-0.1, -0.05) is 36.7 Å². The summed E-state index contributed by atoms with van der Waals surface area (Å²) in [7, 11) is 0. The number of fused-ring (bicyclic) bond motifs is 1. The van der Waals surface area contributed by atoms with Crippen LogP contribution in [-0.4, -0.2) is 23.1 Å². The monoisotopic (exact) mass is 342 g/mol. The number of benzene rings is 1. The van der Waals surface area contributed by atoms with Gasteiger partial charge < -0.3 is 10.6 Å². The molecule has 1 saturated heterocycles. The second kappa shape index (κ2) is 5.92. The number of hydrogen-bond donors (Lipinski definition) is 1. The van der Waals surface area contributed by atoms with Crippen LogP contribution >= 0.6 is 11.6 Å². The lowest BCUT2D eigenvalue weighted by molar-refractivity contribution is 0.494. The fraction of sp³-hybridized carbons (Fsp3) is 0.474. The molecule has 5 heteroatoms. The van der Waals surface area contributed by atoms with Crippen molar-refractivity contribution in [1.82, 2.24) is 9.97 Å². The molecule has 2 fully saturated rings. The molecular formula is C19H23ClN4. The lowest BCUT2D eigenvalue weighted by Crippen LogP contribution is -2.23. The number of aryl methyl sites for hydroxylation is 1. The SMILES string of the molecule is Cc1cccc(-c2ncc(N3C[C@H]4CC(C)C[C@H]4C3)nc2N)c1Cl. The van der Waals surface area contributed by atoms with Gasteiger partial charge in [-0.25, -0.2) is 9.97 Å². The van der Waals surface area contributed by atoms with Gasteiger partial charge in [0, 0.05) is 18.7 Å². The molecule has 126 valence electrons. The molecule has 2 N–H and O–H groups in total. The molecule has 0 spiro atoms. The molecule has 1 aromatic heterocycles. The van der Waals surface area contributed by atoms with Crippen molar-refractivity contribution in [3.8, 4) is 11.3 Å². The summed E-state index contributed by atoms with van der Waals surface area (Å²) in [4.78, 5) is 11.6. The number of halogens is 1. The van der Waals surface area contributed by atoms with E-state index in [0.717, 1.165) is 47.8 Å². The summed E-state index contributed by atoms with van der Waals surface area (Å²) >= 11 is 6.41. The maximum Gasteiger partial charge on any atom is 0.152 e. The van der Waals surface area contributed by atoms with Crippen molar-refractivity contribution in [2.75, 3.05) is 23.7 Å². The van der Waals surface area contributed by atoms with E-state index in [0.29, 0.717) is 16.5 Å². The van der Waals surface area contributed by atoms with Crippen LogP contribution < -0.4 is 10.6 Å². The zero-order chi connectivity index (χ0) is 16.8. The Morgan fingerprint density at radius 1 is 1.21 bits per heavy atom. The highest BCUT2D eigenvalue weighted by molar-refractivity contribution is 6.34. The molecular weight excluding hydrogens is 320 g/mol. The molecule has 3 atom stereocenters. The number of nitrogens with zero attached hydrogens (tertiary/aromatic N) is 3. The summed E-state index contributed by atoms with van der Waals surface area (Å²) in [5.74, 6) is 3.81. The molecule has 1 saturated carbocycles. The van der Waals surface area contributed by atoms with Crippen molar-refractivity contribution in [3.05, 3.63) is 35.0 Å². The van der Waals surface area contributed by atoms with Crippen LogP contribution in [0.25, 0.3) is 11.3 Å². The topological polar surface area (TPSA) is 55.0 Å². The number of anilines is 2. The molecule has 24 heavy (non-hydrogen) atoms. The first-order valence-corrected chi connectivity index (χ1v) is 9.03. The lowest BCUT2D eigenvalue weighted by atomic mass is 10.0. The van der Waals surface area contributed by atoms with Crippen molar-refractivity contribution in [2.24, 2.45) is 17.8 Å². The maximum atomic E-state index is 6.41. The van der Waals surface area contributed by atoms with Crippen molar-refractivity contribution >= 4 is 23.2 Å². The molecule has 1 aliphatic carbocycles. The first-order valence-electron chi connectivity index (χ1n) is 8.66. The predicted molar refractivity (Wildman–Crippen MR) is 99.2 cm³/mol. The first kappa shape index (κ1) is 15.7. The molecule has 2 heterocycles. The molecule has 1 aliphatic heterocycles. The third-order valence-electron chi connectivity index (χ3n) is 5.54. The quantitative estimate of drug-likeness (QED) is 0.889. The minimum Gasteiger partial charge on any atom is -0.382 e. The van der Waals surface area contributed by atoms with Gasteiger partial charge in [0.25, 0.3) is 0 Å². The maximum absolute atomic E-state index is 6.41. The highest BCUT2D eigenvalue weighted by Gasteiger charge is 2.39. The van der Waals surface area contributed by atoms with E-state index in [2.05, 4.69) is 21.8 Å². The molecule has 4 rings (SSSR count). The van der Waals surface area contributed by atoms with E-state index in [1.165, 1.54) is 12.8 Å². The third-order valence-corrected chi connectivity index (χ3v) is 6.05. The van der Waals surface area contributed by atoms with Crippen LogP contribution in [-0.2, 0) is 0 Å². The van der Waals surface area contributed by atoms with Gasteiger partial charge in [-0.3, -0.25) is 0 Å². The van der Waals surface area contributed by atoms with Crippen LogP contribution in [0.15, 0.2) is 24.4 Å². The van der Waals surface area contributed by atoms with Crippen LogP contribution in [0, 0.1) is 24.7 Å². The van der Waals surface area contributed by atoms with Gasteiger partial charge in [-0.05, 0) is 43.1 Å². The van der Waals surface area contributed by atoms with Crippen LogP contribution in [0.4, 0.5) is 11.6 Å². The fourth-order valence-electron chi connectivity index (χ4n) is 4.37. The molecule has 4 nitrogen and oxygen atoms in total. The van der Waals surface area contributed by atoms with Gasteiger partial charge in [-0.15, -0.1) is 0 Å². The highest BCUT2D eigenvalue weighted by Crippen LogP contribution is 2.42. The van der Waals surface area contributed by atoms with Gasteiger partial charge in [0.05, 0.1) is 11.2 Å². The van der Waals surface area contributed by atoms with Gasteiger partial charge in [0.1, 0.15) is 11.5 Å². The normalized spacial score (nSPS) is 26.0. The summed E-state index contributed by atoms with van der Waals surface area (Å²) in [5, 5.41) is 0.691.